The van der Waals surface area contributed by atoms with Crippen molar-refractivity contribution in [3.63, 3.8) is 0 Å². The van der Waals surface area contributed by atoms with Crippen LogP contribution >= 0.6 is 0 Å². The van der Waals surface area contributed by atoms with Crippen LogP contribution in [0.15, 0.2) is 0 Å². The van der Waals surface area contributed by atoms with Crippen molar-refractivity contribution < 1.29 is 19.4 Å². The maximum absolute atomic E-state index is 10.4. The molecule has 4 nitrogen and oxygen atoms in total. The molecule has 0 spiro atoms. The van der Waals surface area contributed by atoms with Crippen LogP contribution in [0.1, 0.15) is 12.8 Å². The van der Waals surface area contributed by atoms with Gasteiger partial charge in [0.2, 0.25) is 0 Å². The summed E-state index contributed by atoms with van der Waals surface area (Å²) in [6.45, 7) is 0.269. The van der Waals surface area contributed by atoms with E-state index in [1.807, 2.05) is 0 Å². The van der Waals surface area contributed by atoms with Gasteiger partial charge in [0.25, 0.3) is 0 Å². The Kier molecular flexibility index (Phi) is 1.89. The fourth-order valence-corrected chi connectivity index (χ4v) is 0.942. The molecule has 0 amide bonds. The zero-order valence-corrected chi connectivity index (χ0v) is 5.37. The summed E-state index contributed by atoms with van der Waals surface area (Å²) in [5.74, 6) is -1.26. The largest absolute Gasteiger partial charge is 0.481 e. The number of carboxylic acids is 1. The summed E-state index contributed by atoms with van der Waals surface area (Å²) < 4.78 is 4.56. The summed E-state index contributed by atoms with van der Waals surface area (Å²) in [4.78, 5) is 20.5. The second-order valence-electron chi connectivity index (χ2n) is 2.35. The van der Waals surface area contributed by atoms with Crippen molar-refractivity contribution in [2.45, 2.75) is 12.8 Å². The van der Waals surface area contributed by atoms with Crippen molar-refractivity contribution >= 4 is 11.9 Å². The van der Waals surface area contributed by atoms with E-state index in [0.29, 0.717) is 0 Å². The molecule has 56 valence electrons. The van der Waals surface area contributed by atoms with Crippen molar-refractivity contribution in [3.8, 4) is 0 Å². The van der Waals surface area contributed by atoms with E-state index in [-0.39, 0.29) is 31.3 Å². The Balaban J connectivity index is 2.31. The summed E-state index contributed by atoms with van der Waals surface area (Å²) in [6.07, 6.45) is 0.290. The van der Waals surface area contributed by atoms with Gasteiger partial charge in [-0.05, 0) is 0 Å². The Morgan fingerprint density at radius 1 is 1.80 bits per heavy atom. The molecule has 0 unspecified atom stereocenters. The lowest BCUT2D eigenvalue weighted by Crippen LogP contribution is -2.06. The Morgan fingerprint density at radius 2 is 2.50 bits per heavy atom. The summed E-state index contributed by atoms with van der Waals surface area (Å²) in [5.41, 5.74) is 0. The normalized spacial score (nSPS) is 24.4. The minimum atomic E-state index is -0.872. The fourth-order valence-electron chi connectivity index (χ4n) is 0.942. The second-order valence-corrected chi connectivity index (χ2v) is 2.35. The summed E-state index contributed by atoms with van der Waals surface area (Å²) in [7, 11) is 0. The van der Waals surface area contributed by atoms with Crippen LogP contribution in [0, 0.1) is 5.92 Å². The van der Waals surface area contributed by atoms with E-state index < -0.39 is 5.97 Å². The maximum atomic E-state index is 10.4. The number of carboxylic acid groups (broad SMARTS) is 1. The molecular weight excluding hydrogens is 136 g/mol. The Bertz CT molecular complexity index is 163. The first-order chi connectivity index (χ1) is 4.68. The van der Waals surface area contributed by atoms with Gasteiger partial charge in [-0.3, -0.25) is 9.59 Å². The summed E-state index contributed by atoms with van der Waals surface area (Å²) in [5, 5.41) is 8.29. The number of cyclic esters (lactones) is 1. The molecule has 0 bridgehead atoms. The molecule has 0 aromatic rings. The van der Waals surface area contributed by atoms with Crippen molar-refractivity contribution in [2.24, 2.45) is 5.92 Å². The molecule has 1 heterocycles. The lowest BCUT2D eigenvalue weighted by molar-refractivity contribution is -0.139. The van der Waals surface area contributed by atoms with Crippen LogP contribution in [0.3, 0.4) is 0 Å². The van der Waals surface area contributed by atoms with E-state index in [0.717, 1.165) is 0 Å². The predicted octanol–water partition coefficient (Wildman–Crippen LogP) is 0.0242. The lowest BCUT2D eigenvalue weighted by Gasteiger charge is -1.98. The van der Waals surface area contributed by atoms with Crippen molar-refractivity contribution in [1.82, 2.24) is 0 Å². The average Bonchev–Trinajstić information content (AvgIpc) is 2.13. The van der Waals surface area contributed by atoms with Crippen LogP contribution < -0.4 is 0 Å². The molecule has 1 atom stereocenters. The van der Waals surface area contributed by atoms with E-state index in [9.17, 15) is 9.59 Å². The highest BCUT2D eigenvalue weighted by atomic mass is 16.5. The number of carbonyl (C=O) groups is 2. The monoisotopic (exact) mass is 144 g/mol. The first-order valence-corrected chi connectivity index (χ1v) is 3.06. The first-order valence-electron chi connectivity index (χ1n) is 3.06. The van der Waals surface area contributed by atoms with Crippen LogP contribution in [0.4, 0.5) is 0 Å². The van der Waals surface area contributed by atoms with Crippen molar-refractivity contribution in [1.29, 1.82) is 0 Å². The minimum Gasteiger partial charge on any atom is -0.481 e. The zero-order valence-electron chi connectivity index (χ0n) is 5.37. The highest BCUT2D eigenvalue weighted by Crippen LogP contribution is 2.16. The van der Waals surface area contributed by atoms with Crippen LogP contribution in [-0.4, -0.2) is 23.7 Å². The molecule has 0 aliphatic carbocycles. The fraction of sp³-hybridized carbons (Fsp3) is 0.667. The third-order valence-electron chi connectivity index (χ3n) is 1.40. The van der Waals surface area contributed by atoms with Gasteiger partial charge in [0.05, 0.1) is 19.4 Å². The molecule has 0 radical (unpaired) electrons. The number of hydrogen-bond donors (Lipinski definition) is 1. The van der Waals surface area contributed by atoms with E-state index in [2.05, 4.69) is 4.74 Å². The van der Waals surface area contributed by atoms with Gasteiger partial charge in [0, 0.05) is 5.92 Å². The number of rotatable bonds is 2. The first kappa shape index (κ1) is 7.05. The number of esters is 1. The molecule has 1 N–H and O–H groups in total. The molecule has 1 aliphatic rings. The average molecular weight is 144 g/mol. The van der Waals surface area contributed by atoms with Gasteiger partial charge in [0.15, 0.2) is 0 Å². The quantitative estimate of drug-likeness (QED) is 0.555. The summed E-state index contributed by atoms with van der Waals surface area (Å²) in [6, 6.07) is 0. The molecule has 0 aromatic carbocycles. The third-order valence-corrected chi connectivity index (χ3v) is 1.40. The molecule has 10 heavy (non-hydrogen) atoms. The Labute approximate surface area is 57.8 Å². The molecule has 1 fully saturated rings. The lowest BCUT2D eigenvalue weighted by atomic mass is 10.1. The zero-order chi connectivity index (χ0) is 7.56. The molecule has 0 aromatic heterocycles. The number of ether oxygens (including phenoxy) is 1. The van der Waals surface area contributed by atoms with Gasteiger partial charge in [0.1, 0.15) is 0 Å². The SMILES string of the molecule is O=C(O)C[C@@H]1COC(=O)C1. The van der Waals surface area contributed by atoms with E-state index in [1.165, 1.54) is 0 Å². The van der Waals surface area contributed by atoms with Gasteiger partial charge in [-0.15, -0.1) is 0 Å². The van der Waals surface area contributed by atoms with E-state index in [4.69, 9.17) is 5.11 Å². The highest BCUT2D eigenvalue weighted by Gasteiger charge is 2.25. The van der Waals surface area contributed by atoms with Crippen LogP contribution in [0.25, 0.3) is 0 Å². The van der Waals surface area contributed by atoms with Gasteiger partial charge in [-0.25, -0.2) is 0 Å². The number of aliphatic carboxylic acids is 1. The van der Waals surface area contributed by atoms with Gasteiger partial charge in [-0.2, -0.15) is 0 Å². The highest BCUT2D eigenvalue weighted by molar-refractivity contribution is 5.74. The van der Waals surface area contributed by atoms with Crippen LogP contribution in [0.2, 0.25) is 0 Å². The number of hydrogen-bond acceptors (Lipinski definition) is 3. The minimum absolute atomic E-state index is 0.0335. The molecule has 1 aliphatic heterocycles. The van der Waals surface area contributed by atoms with Crippen molar-refractivity contribution in [2.75, 3.05) is 6.61 Å². The summed E-state index contributed by atoms with van der Waals surface area (Å²) >= 11 is 0. The Morgan fingerprint density at radius 3 is 2.90 bits per heavy atom. The molecule has 1 saturated heterocycles. The molecule has 4 heteroatoms. The van der Waals surface area contributed by atoms with Gasteiger partial charge >= 0.3 is 11.9 Å². The Hall–Kier alpha value is -1.06. The van der Waals surface area contributed by atoms with Crippen LogP contribution in [-0.2, 0) is 14.3 Å². The predicted molar refractivity (Wildman–Crippen MR) is 31.3 cm³/mol. The molecule has 1 rings (SSSR count). The third kappa shape index (κ3) is 1.72. The topological polar surface area (TPSA) is 63.6 Å². The van der Waals surface area contributed by atoms with Crippen molar-refractivity contribution in [3.05, 3.63) is 0 Å². The molecular formula is C6H8O4. The molecule has 0 saturated carbocycles. The standard InChI is InChI=1S/C6H8O4/c7-5(8)1-4-2-6(9)10-3-4/h4H,1-3H2,(H,7,8)/t4-/m0/s1. The van der Waals surface area contributed by atoms with E-state index in [1.54, 1.807) is 0 Å². The maximum Gasteiger partial charge on any atom is 0.306 e. The van der Waals surface area contributed by atoms with Gasteiger partial charge < -0.3 is 9.84 Å². The van der Waals surface area contributed by atoms with Gasteiger partial charge in [-0.1, -0.05) is 0 Å². The number of carbonyl (C=O) groups excluding carboxylic acids is 1. The van der Waals surface area contributed by atoms with E-state index >= 15 is 0 Å². The smallest absolute Gasteiger partial charge is 0.306 e. The van der Waals surface area contributed by atoms with Crippen LogP contribution in [0.5, 0.6) is 0 Å². The second kappa shape index (κ2) is 2.68.